The lowest BCUT2D eigenvalue weighted by atomic mass is 9.94. The smallest absolute Gasteiger partial charge is 0.0233 e. The van der Waals surface area contributed by atoms with E-state index in [1.165, 1.54) is 49.8 Å². The van der Waals surface area contributed by atoms with Crippen molar-refractivity contribution in [2.45, 2.75) is 51.6 Å². The first-order valence-corrected chi connectivity index (χ1v) is 8.11. The van der Waals surface area contributed by atoms with Gasteiger partial charge in [-0.15, -0.1) is 0 Å². The van der Waals surface area contributed by atoms with Gasteiger partial charge < -0.3 is 10.2 Å². The van der Waals surface area contributed by atoms with Gasteiger partial charge in [0.05, 0.1) is 0 Å². The van der Waals surface area contributed by atoms with Crippen molar-refractivity contribution < 1.29 is 0 Å². The van der Waals surface area contributed by atoms with Crippen molar-refractivity contribution >= 4 is 0 Å². The first-order valence-electron chi connectivity index (χ1n) is 8.11. The fourth-order valence-corrected chi connectivity index (χ4v) is 3.53. The van der Waals surface area contributed by atoms with Crippen molar-refractivity contribution in [3.05, 3.63) is 35.4 Å². The third-order valence-corrected chi connectivity index (χ3v) is 4.78. The summed E-state index contributed by atoms with van der Waals surface area (Å²) in [5.74, 6) is 0.802. The molecular weight excluding hydrogens is 244 g/mol. The second-order valence-corrected chi connectivity index (χ2v) is 6.42. The lowest BCUT2D eigenvalue weighted by Crippen LogP contribution is -2.39. The summed E-state index contributed by atoms with van der Waals surface area (Å²) < 4.78 is 0. The molecule has 1 N–H and O–H groups in total. The first-order chi connectivity index (χ1) is 9.70. The Kier molecular flexibility index (Phi) is 6.06. The molecule has 1 aromatic rings. The minimum absolute atomic E-state index is 0.705. The molecule has 1 aromatic carbocycles. The molecule has 0 spiro atoms. The van der Waals surface area contributed by atoms with Gasteiger partial charge in [-0.25, -0.2) is 0 Å². The van der Waals surface area contributed by atoms with Gasteiger partial charge in [0, 0.05) is 19.1 Å². The maximum atomic E-state index is 3.55. The lowest BCUT2D eigenvalue weighted by molar-refractivity contribution is 0.223. The zero-order chi connectivity index (χ0) is 14.4. The van der Waals surface area contributed by atoms with Gasteiger partial charge in [-0.1, -0.05) is 43.5 Å². The fraction of sp³-hybridized carbons (Fsp3) is 0.667. The van der Waals surface area contributed by atoms with Gasteiger partial charge in [0.25, 0.3) is 0 Å². The van der Waals surface area contributed by atoms with E-state index in [0.717, 1.165) is 12.5 Å². The maximum Gasteiger partial charge on any atom is 0.0233 e. The number of rotatable bonds is 5. The zero-order valence-electron chi connectivity index (χ0n) is 13.4. The van der Waals surface area contributed by atoms with Crippen LogP contribution in [0.25, 0.3) is 0 Å². The maximum absolute atomic E-state index is 3.55. The van der Waals surface area contributed by atoms with Gasteiger partial charge in [0.15, 0.2) is 0 Å². The van der Waals surface area contributed by atoms with Crippen LogP contribution in [0.2, 0.25) is 0 Å². The SMILES string of the molecule is CNC1CCCCCC1CN(C)Cc1ccccc1C. The Bertz CT molecular complexity index is 402. The van der Waals surface area contributed by atoms with Gasteiger partial charge in [-0.05, 0) is 50.9 Å². The quantitative estimate of drug-likeness (QED) is 0.825. The van der Waals surface area contributed by atoms with Gasteiger partial charge in [0.1, 0.15) is 0 Å². The molecule has 1 fully saturated rings. The van der Waals surface area contributed by atoms with E-state index >= 15 is 0 Å². The minimum Gasteiger partial charge on any atom is -0.317 e. The summed E-state index contributed by atoms with van der Waals surface area (Å²) in [4.78, 5) is 2.50. The molecule has 1 saturated carbocycles. The van der Waals surface area contributed by atoms with Gasteiger partial charge in [-0.2, -0.15) is 0 Å². The largest absolute Gasteiger partial charge is 0.317 e. The highest BCUT2D eigenvalue weighted by Gasteiger charge is 2.23. The summed E-state index contributed by atoms with van der Waals surface area (Å²) >= 11 is 0. The first kappa shape index (κ1) is 15.5. The molecule has 2 unspecified atom stereocenters. The van der Waals surface area contributed by atoms with Crippen LogP contribution in [0.15, 0.2) is 24.3 Å². The molecule has 112 valence electrons. The van der Waals surface area contributed by atoms with E-state index in [-0.39, 0.29) is 0 Å². The van der Waals surface area contributed by atoms with Crippen LogP contribution in [-0.4, -0.2) is 31.6 Å². The van der Waals surface area contributed by atoms with Crippen molar-refractivity contribution in [3.8, 4) is 0 Å². The third-order valence-electron chi connectivity index (χ3n) is 4.78. The normalized spacial score (nSPS) is 23.8. The highest BCUT2D eigenvalue weighted by molar-refractivity contribution is 5.25. The Hall–Kier alpha value is -0.860. The second kappa shape index (κ2) is 7.80. The summed E-state index contributed by atoms with van der Waals surface area (Å²) in [5.41, 5.74) is 2.87. The van der Waals surface area contributed by atoms with E-state index in [0.29, 0.717) is 6.04 Å². The molecule has 1 aliphatic carbocycles. The molecular formula is C18H30N2. The molecule has 2 rings (SSSR count). The van der Waals surface area contributed by atoms with Crippen molar-refractivity contribution in [1.29, 1.82) is 0 Å². The summed E-state index contributed by atoms with van der Waals surface area (Å²) in [6.45, 7) is 4.49. The Balaban J connectivity index is 1.92. The molecule has 0 saturated heterocycles. The number of nitrogens with one attached hydrogen (secondary N) is 1. The van der Waals surface area contributed by atoms with E-state index in [1.807, 2.05) is 0 Å². The Morgan fingerprint density at radius 1 is 1.15 bits per heavy atom. The standard InChI is InChI=1S/C18H30N2/c1-15-9-7-8-10-16(15)13-20(3)14-17-11-5-4-6-12-18(17)19-2/h7-10,17-19H,4-6,11-14H2,1-3H3. The van der Waals surface area contributed by atoms with Crippen LogP contribution in [0.1, 0.15) is 43.2 Å². The monoisotopic (exact) mass is 274 g/mol. The van der Waals surface area contributed by atoms with Crippen molar-refractivity contribution in [2.75, 3.05) is 20.6 Å². The molecule has 0 heterocycles. The molecule has 2 heteroatoms. The summed E-state index contributed by atoms with van der Waals surface area (Å²) in [6, 6.07) is 9.45. The van der Waals surface area contributed by atoms with Crippen molar-refractivity contribution in [1.82, 2.24) is 10.2 Å². The van der Waals surface area contributed by atoms with E-state index in [1.54, 1.807) is 0 Å². The Morgan fingerprint density at radius 2 is 1.90 bits per heavy atom. The summed E-state index contributed by atoms with van der Waals surface area (Å²) in [5, 5.41) is 3.55. The van der Waals surface area contributed by atoms with E-state index in [9.17, 15) is 0 Å². The van der Waals surface area contributed by atoms with Crippen LogP contribution < -0.4 is 5.32 Å². The molecule has 0 radical (unpaired) electrons. The number of benzene rings is 1. The van der Waals surface area contributed by atoms with Crippen LogP contribution in [0.5, 0.6) is 0 Å². The van der Waals surface area contributed by atoms with Gasteiger partial charge in [0.2, 0.25) is 0 Å². The van der Waals surface area contributed by atoms with E-state index in [2.05, 4.69) is 55.5 Å². The van der Waals surface area contributed by atoms with Crippen LogP contribution in [0, 0.1) is 12.8 Å². The highest BCUT2D eigenvalue weighted by atomic mass is 15.1. The van der Waals surface area contributed by atoms with Crippen molar-refractivity contribution in [2.24, 2.45) is 5.92 Å². The molecule has 0 aromatic heterocycles. The Labute approximate surface area is 124 Å². The van der Waals surface area contributed by atoms with Crippen LogP contribution in [0.3, 0.4) is 0 Å². The molecule has 0 bridgehead atoms. The second-order valence-electron chi connectivity index (χ2n) is 6.42. The number of aryl methyl sites for hydroxylation is 1. The Morgan fingerprint density at radius 3 is 2.65 bits per heavy atom. The fourth-order valence-electron chi connectivity index (χ4n) is 3.53. The summed E-state index contributed by atoms with van der Waals surface area (Å²) in [6.07, 6.45) is 6.93. The molecule has 1 aliphatic rings. The van der Waals surface area contributed by atoms with Crippen LogP contribution >= 0.6 is 0 Å². The van der Waals surface area contributed by atoms with E-state index < -0.39 is 0 Å². The molecule has 2 nitrogen and oxygen atoms in total. The van der Waals surface area contributed by atoms with Crippen LogP contribution in [-0.2, 0) is 6.54 Å². The molecule has 20 heavy (non-hydrogen) atoms. The average molecular weight is 274 g/mol. The number of hydrogen-bond acceptors (Lipinski definition) is 2. The topological polar surface area (TPSA) is 15.3 Å². The predicted molar refractivity (Wildman–Crippen MR) is 86.9 cm³/mol. The third kappa shape index (κ3) is 4.32. The number of nitrogens with zero attached hydrogens (tertiary/aromatic N) is 1. The van der Waals surface area contributed by atoms with Gasteiger partial charge >= 0.3 is 0 Å². The zero-order valence-corrected chi connectivity index (χ0v) is 13.4. The van der Waals surface area contributed by atoms with Gasteiger partial charge in [-0.3, -0.25) is 0 Å². The highest BCUT2D eigenvalue weighted by Crippen LogP contribution is 2.24. The number of hydrogen-bond donors (Lipinski definition) is 1. The summed E-state index contributed by atoms with van der Waals surface area (Å²) in [7, 11) is 4.40. The van der Waals surface area contributed by atoms with Crippen LogP contribution in [0.4, 0.5) is 0 Å². The minimum atomic E-state index is 0.705. The predicted octanol–water partition coefficient (Wildman–Crippen LogP) is 3.60. The van der Waals surface area contributed by atoms with Crippen molar-refractivity contribution in [3.63, 3.8) is 0 Å². The van der Waals surface area contributed by atoms with E-state index in [4.69, 9.17) is 0 Å². The average Bonchev–Trinajstić information content (AvgIpc) is 2.66. The molecule has 0 amide bonds. The molecule has 0 aliphatic heterocycles. The molecule has 2 atom stereocenters. The lowest BCUT2D eigenvalue weighted by Gasteiger charge is -2.29.